The lowest BCUT2D eigenvalue weighted by atomic mass is 10.2. The predicted molar refractivity (Wildman–Crippen MR) is 113 cm³/mol. The highest BCUT2D eigenvalue weighted by Crippen LogP contribution is 2.23. The van der Waals surface area contributed by atoms with Crippen molar-refractivity contribution >= 4 is 33.0 Å². The fourth-order valence-corrected chi connectivity index (χ4v) is 5.40. The largest absolute Gasteiger partial charge is 0.378 e. The van der Waals surface area contributed by atoms with Crippen LogP contribution in [0.1, 0.15) is 41.6 Å². The minimum Gasteiger partial charge on any atom is -0.378 e. The summed E-state index contributed by atoms with van der Waals surface area (Å²) in [5, 5.41) is 1.65. The van der Waals surface area contributed by atoms with E-state index in [0.717, 1.165) is 61.4 Å². The van der Waals surface area contributed by atoms with Gasteiger partial charge in [-0.2, -0.15) is 0 Å². The van der Waals surface area contributed by atoms with Crippen LogP contribution in [0.5, 0.6) is 0 Å². The van der Waals surface area contributed by atoms with E-state index in [4.69, 9.17) is 0 Å². The molecule has 3 rings (SSSR count). The van der Waals surface area contributed by atoms with E-state index in [0.29, 0.717) is 5.56 Å². The Bertz CT molecular complexity index is 897. The summed E-state index contributed by atoms with van der Waals surface area (Å²) < 4.78 is 28.0. The van der Waals surface area contributed by atoms with E-state index >= 15 is 0 Å². The van der Waals surface area contributed by atoms with Crippen molar-refractivity contribution in [2.45, 2.75) is 36.4 Å². The molecule has 152 valence electrons. The molecule has 6 nitrogen and oxygen atoms in total. The van der Waals surface area contributed by atoms with Gasteiger partial charge in [0.2, 0.25) is 10.0 Å². The van der Waals surface area contributed by atoms with Crippen molar-refractivity contribution in [3.63, 3.8) is 0 Å². The average Bonchev–Trinajstić information content (AvgIpc) is 3.03. The van der Waals surface area contributed by atoms with Gasteiger partial charge in [-0.1, -0.05) is 25.0 Å². The lowest BCUT2D eigenvalue weighted by molar-refractivity contribution is 0.0762. The summed E-state index contributed by atoms with van der Waals surface area (Å²) in [4.78, 5) is 16.5. The van der Waals surface area contributed by atoms with E-state index in [1.807, 2.05) is 48.2 Å². The number of anilines is 1. The molecule has 1 amide bonds. The number of carbonyl (C=O) groups is 1. The normalized spacial score (nSPS) is 15.3. The third kappa shape index (κ3) is 5.12. The molecule has 1 aliphatic rings. The summed E-state index contributed by atoms with van der Waals surface area (Å²) >= 11 is 1.09. The van der Waals surface area contributed by atoms with Gasteiger partial charge in [-0.05, 0) is 36.6 Å². The topological polar surface area (TPSA) is 69.7 Å². The van der Waals surface area contributed by atoms with Crippen LogP contribution in [-0.2, 0) is 16.6 Å². The average molecular weight is 422 g/mol. The first-order chi connectivity index (χ1) is 13.4. The van der Waals surface area contributed by atoms with Crippen molar-refractivity contribution in [2.24, 2.45) is 0 Å². The molecular formula is C20H27N3O3S2. The van der Waals surface area contributed by atoms with E-state index in [1.54, 1.807) is 5.38 Å². The Morgan fingerprint density at radius 1 is 1.11 bits per heavy atom. The first-order valence-electron chi connectivity index (χ1n) is 9.50. The number of amides is 1. The van der Waals surface area contributed by atoms with E-state index in [9.17, 15) is 13.2 Å². The fraction of sp³-hybridized carbons (Fsp3) is 0.450. The summed E-state index contributed by atoms with van der Waals surface area (Å²) in [6, 6.07) is 9.20. The van der Waals surface area contributed by atoms with Crippen LogP contribution >= 0.6 is 11.3 Å². The minimum atomic E-state index is -3.65. The Kier molecular flexibility index (Phi) is 6.74. The van der Waals surface area contributed by atoms with Gasteiger partial charge in [0.1, 0.15) is 4.21 Å². The number of benzene rings is 1. The second-order valence-corrected chi connectivity index (χ2v) is 10.2. The van der Waals surface area contributed by atoms with Gasteiger partial charge in [-0.3, -0.25) is 4.79 Å². The minimum absolute atomic E-state index is 0.0705. The Labute approximate surface area is 171 Å². The van der Waals surface area contributed by atoms with Gasteiger partial charge in [0.15, 0.2) is 0 Å². The zero-order chi connectivity index (χ0) is 20.1. The lowest BCUT2D eigenvalue weighted by Gasteiger charge is -2.19. The molecule has 0 saturated carbocycles. The highest BCUT2D eigenvalue weighted by molar-refractivity contribution is 7.91. The molecule has 1 N–H and O–H groups in total. The molecule has 1 fully saturated rings. The maximum Gasteiger partial charge on any atom is 0.254 e. The zero-order valence-corrected chi connectivity index (χ0v) is 18.0. The molecule has 1 aromatic carbocycles. The fourth-order valence-electron chi connectivity index (χ4n) is 3.19. The van der Waals surface area contributed by atoms with Gasteiger partial charge in [-0.25, -0.2) is 13.1 Å². The molecule has 1 aromatic heterocycles. The van der Waals surface area contributed by atoms with Gasteiger partial charge in [0.05, 0.1) is 5.56 Å². The van der Waals surface area contributed by atoms with Gasteiger partial charge < -0.3 is 9.80 Å². The number of hydrogen-bond acceptors (Lipinski definition) is 5. The van der Waals surface area contributed by atoms with E-state index < -0.39 is 10.0 Å². The van der Waals surface area contributed by atoms with E-state index in [2.05, 4.69) is 4.72 Å². The third-order valence-electron chi connectivity index (χ3n) is 4.90. The molecule has 2 aromatic rings. The maximum absolute atomic E-state index is 12.7. The highest BCUT2D eigenvalue weighted by atomic mass is 32.2. The maximum atomic E-state index is 12.7. The second kappa shape index (κ2) is 9.07. The van der Waals surface area contributed by atoms with Gasteiger partial charge in [0.25, 0.3) is 5.91 Å². The third-order valence-corrected chi connectivity index (χ3v) is 7.74. The summed E-state index contributed by atoms with van der Waals surface area (Å²) in [5.74, 6) is -0.0705. The van der Waals surface area contributed by atoms with Crippen molar-refractivity contribution in [2.75, 3.05) is 32.1 Å². The summed E-state index contributed by atoms with van der Waals surface area (Å²) in [6.45, 7) is 1.71. The number of hydrogen-bond donors (Lipinski definition) is 1. The zero-order valence-electron chi connectivity index (χ0n) is 16.3. The number of thiophene rings is 1. The molecule has 0 bridgehead atoms. The summed E-state index contributed by atoms with van der Waals surface area (Å²) in [6.07, 6.45) is 4.31. The molecule has 0 radical (unpaired) electrons. The van der Waals surface area contributed by atoms with Crippen molar-refractivity contribution in [1.29, 1.82) is 0 Å². The van der Waals surface area contributed by atoms with E-state index in [1.165, 1.54) is 6.07 Å². The van der Waals surface area contributed by atoms with Crippen LogP contribution in [0.25, 0.3) is 0 Å². The Morgan fingerprint density at radius 2 is 1.75 bits per heavy atom. The van der Waals surface area contributed by atoms with Crippen LogP contribution in [0.2, 0.25) is 0 Å². The van der Waals surface area contributed by atoms with Crippen LogP contribution in [-0.4, -0.2) is 46.4 Å². The molecule has 1 saturated heterocycles. The Balaban J connectivity index is 1.64. The van der Waals surface area contributed by atoms with Gasteiger partial charge >= 0.3 is 0 Å². The summed E-state index contributed by atoms with van der Waals surface area (Å²) in [7, 11) is 0.267. The smallest absolute Gasteiger partial charge is 0.254 e. The number of nitrogens with zero attached hydrogens (tertiary/aromatic N) is 2. The van der Waals surface area contributed by atoms with Crippen molar-refractivity contribution in [3.8, 4) is 0 Å². The molecule has 1 aliphatic heterocycles. The summed E-state index contributed by atoms with van der Waals surface area (Å²) in [5.41, 5.74) is 2.40. The molecule has 0 unspecified atom stereocenters. The molecule has 0 spiro atoms. The molecule has 8 heteroatoms. The molecular weight excluding hydrogens is 394 g/mol. The van der Waals surface area contributed by atoms with Crippen molar-refractivity contribution < 1.29 is 13.2 Å². The molecule has 2 heterocycles. The number of rotatable bonds is 6. The molecule has 0 aliphatic carbocycles. The number of nitrogens with one attached hydrogen (secondary N) is 1. The quantitative estimate of drug-likeness (QED) is 0.777. The van der Waals surface area contributed by atoms with Crippen LogP contribution < -0.4 is 9.62 Å². The second-order valence-electron chi connectivity index (χ2n) is 7.25. The lowest BCUT2D eigenvalue weighted by Crippen LogP contribution is -2.31. The first kappa shape index (κ1) is 20.8. The van der Waals surface area contributed by atoms with Crippen LogP contribution in [0, 0.1) is 0 Å². The van der Waals surface area contributed by atoms with Crippen molar-refractivity contribution in [3.05, 3.63) is 46.8 Å². The number of sulfonamides is 1. The SMILES string of the molecule is CN(C)c1ccc(CNS(=O)(=O)c2cc(C(=O)N3CCCCCC3)cs2)cc1. The van der Waals surface area contributed by atoms with Crippen molar-refractivity contribution in [1.82, 2.24) is 9.62 Å². The predicted octanol–water partition coefficient (Wildman–Crippen LogP) is 3.31. The first-order valence-corrected chi connectivity index (χ1v) is 11.9. The van der Waals surface area contributed by atoms with Crippen LogP contribution in [0.3, 0.4) is 0 Å². The van der Waals surface area contributed by atoms with Crippen LogP contribution in [0.4, 0.5) is 5.69 Å². The van der Waals surface area contributed by atoms with Crippen LogP contribution in [0.15, 0.2) is 39.9 Å². The molecule has 28 heavy (non-hydrogen) atoms. The number of likely N-dealkylation sites (tertiary alicyclic amines) is 1. The van der Waals surface area contributed by atoms with Gasteiger partial charge in [0, 0.05) is 44.8 Å². The molecule has 0 atom stereocenters. The standard InChI is InChI=1S/C20H27N3O3S2/c1-22(2)18-9-7-16(8-10-18)14-21-28(25,26)19-13-17(15-27-19)20(24)23-11-5-3-4-6-12-23/h7-10,13,15,21H,3-6,11-12,14H2,1-2H3. The van der Waals surface area contributed by atoms with E-state index in [-0.39, 0.29) is 16.7 Å². The highest BCUT2D eigenvalue weighted by Gasteiger charge is 2.22. The monoisotopic (exact) mass is 421 g/mol. The van der Waals surface area contributed by atoms with Gasteiger partial charge in [-0.15, -0.1) is 11.3 Å². The number of carbonyl (C=O) groups excluding carboxylic acids is 1. The Morgan fingerprint density at radius 3 is 2.36 bits per heavy atom. The Hall–Kier alpha value is -1.90.